The van der Waals surface area contributed by atoms with Gasteiger partial charge in [0, 0.05) is 24.1 Å². The van der Waals surface area contributed by atoms with Crippen molar-refractivity contribution in [3.05, 3.63) is 58.3 Å². The molecule has 1 heterocycles. The Labute approximate surface area is 126 Å². The smallest absolute Gasteiger partial charge is 0.123 e. The monoisotopic (exact) mass is 334 g/mol. The number of nitrogens with zero attached hydrogens (tertiary/aromatic N) is 1. The van der Waals surface area contributed by atoms with E-state index in [9.17, 15) is 4.39 Å². The lowest BCUT2D eigenvalue weighted by molar-refractivity contribution is 0.623. The molecule has 2 aromatic rings. The lowest BCUT2D eigenvalue weighted by Crippen LogP contribution is -2.23. The molecule has 0 spiro atoms. The minimum atomic E-state index is -0.190. The van der Waals surface area contributed by atoms with Crippen molar-refractivity contribution in [3.8, 4) is 0 Å². The molecule has 0 fully saturated rings. The van der Waals surface area contributed by atoms with Crippen molar-refractivity contribution in [2.75, 3.05) is 23.3 Å². The lowest BCUT2D eigenvalue weighted by atomic mass is 10.1. The summed E-state index contributed by atoms with van der Waals surface area (Å²) in [5, 5.41) is 3.44. The van der Waals surface area contributed by atoms with Crippen molar-refractivity contribution in [2.24, 2.45) is 0 Å². The molecule has 0 bridgehead atoms. The fourth-order valence-corrected chi connectivity index (χ4v) is 2.92. The van der Waals surface area contributed by atoms with Crippen molar-refractivity contribution < 1.29 is 4.39 Å². The predicted molar refractivity (Wildman–Crippen MR) is 84.7 cm³/mol. The number of nitrogens with one attached hydrogen (secondary N) is 1. The van der Waals surface area contributed by atoms with Crippen molar-refractivity contribution in [1.82, 2.24) is 0 Å². The van der Waals surface area contributed by atoms with E-state index in [0.717, 1.165) is 35.2 Å². The molecule has 2 nitrogen and oxygen atoms in total. The Morgan fingerprint density at radius 3 is 2.95 bits per heavy atom. The summed E-state index contributed by atoms with van der Waals surface area (Å²) >= 11 is 3.51. The summed E-state index contributed by atoms with van der Waals surface area (Å²) in [7, 11) is 0. The second kappa shape index (κ2) is 5.83. The summed E-state index contributed by atoms with van der Waals surface area (Å²) in [5.41, 5.74) is 3.31. The van der Waals surface area contributed by atoms with Crippen LogP contribution in [0.3, 0.4) is 0 Å². The minimum absolute atomic E-state index is 0.190. The maximum atomic E-state index is 13.4. The molecule has 104 valence electrons. The van der Waals surface area contributed by atoms with Crippen molar-refractivity contribution in [3.63, 3.8) is 0 Å². The number of rotatable bonds is 2. The van der Waals surface area contributed by atoms with E-state index in [1.807, 2.05) is 12.1 Å². The Bertz CT molecular complexity index is 615. The maximum absolute atomic E-state index is 13.4. The number of benzene rings is 2. The Hall–Kier alpha value is -1.55. The number of anilines is 2. The van der Waals surface area contributed by atoms with Gasteiger partial charge in [0.15, 0.2) is 0 Å². The second-order valence-electron chi connectivity index (χ2n) is 4.95. The molecule has 0 amide bonds. The highest BCUT2D eigenvalue weighted by Crippen LogP contribution is 2.30. The quantitative estimate of drug-likeness (QED) is 0.875. The second-order valence-corrected chi connectivity index (χ2v) is 5.81. The van der Waals surface area contributed by atoms with Gasteiger partial charge in [-0.25, -0.2) is 4.39 Å². The number of hydrogen-bond donors (Lipinski definition) is 1. The minimum Gasteiger partial charge on any atom is -0.383 e. The highest BCUT2D eigenvalue weighted by Gasteiger charge is 2.15. The van der Waals surface area contributed by atoms with Gasteiger partial charge in [0.1, 0.15) is 5.82 Å². The molecule has 0 aliphatic carbocycles. The van der Waals surface area contributed by atoms with Crippen LogP contribution in [0.2, 0.25) is 0 Å². The number of halogens is 2. The molecule has 0 aromatic heterocycles. The topological polar surface area (TPSA) is 15.3 Å². The summed E-state index contributed by atoms with van der Waals surface area (Å²) in [5.74, 6) is -0.190. The van der Waals surface area contributed by atoms with Gasteiger partial charge in [0.05, 0.1) is 11.4 Å². The predicted octanol–water partition coefficient (Wildman–Crippen LogP) is 4.41. The van der Waals surface area contributed by atoms with Crippen LogP contribution in [0.5, 0.6) is 0 Å². The number of para-hydroxylation sites is 2. The summed E-state index contributed by atoms with van der Waals surface area (Å²) in [6, 6.07) is 13.1. The molecule has 1 N–H and O–H groups in total. The molecule has 0 atom stereocenters. The molecule has 3 rings (SSSR count). The van der Waals surface area contributed by atoms with Gasteiger partial charge in [0.25, 0.3) is 0 Å². The number of hydrogen-bond acceptors (Lipinski definition) is 2. The van der Waals surface area contributed by atoms with E-state index in [1.54, 1.807) is 12.1 Å². The third kappa shape index (κ3) is 2.80. The van der Waals surface area contributed by atoms with Crippen molar-refractivity contribution >= 4 is 27.3 Å². The third-order valence-electron chi connectivity index (χ3n) is 3.53. The first kappa shape index (κ1) is 13.4. The van der Waals surface area contributed by atoms with Crippen molar-refractivity contribution in [1.29, 1.82) is 0 Å². The fourth-order valence-electron chi connectivity index (χ4n) is 2.55. The lowest BCUT2D eigenvalue weighted by Gasteiger charge is -2.25. The van der Waals surface area contributed by atoms with Crippen LogP contribution in [0.25, 0.3) is 0 Å². The van der Waals surface area contributed by atoms with Gasteiger partial charge in [0.2, 0.25) is 0 Å². The first-order chi connectivity index (χ1) is 9.74. The molecule has 2 aromatic carbocycles. The molecular formula is C16H16BrFN2. The van der Waals surface area contributed by atoms with Crippen LogP contribution in [0.4, 0.5) is 15.8 Å². The Morgan fingerprint density at radius 2 is 2.05 bits per heavy atom. The standard InChI is InChI=1S/C16H16BrFN2/c17-14-7-6-13(18)10-12(14)11-20-9-3-8-19-15-4-1-2-5-16(15)20/h1-2,4-7,10,19H,3,8-9,11H2. The Balaban J connectivity index is 1.92. The highest BCUT2D eigenvalue weighted by molar-refractivity contribution is 9.10. The molecule has 20 heavy (non-hydrogen) atoms. The summed E-state index contributed by atoms with van der Waals surface area (Å²) < 4.78 is 14.4. The van der Waals surface area contributed by atoms with Gasteiger partial charge in [-0.15, -0.1) is 0 Å². The van der Waals surface area contributed by atoms with Gasteiger partial charge in [-0.2, -0.15) is 0 Å². The van der Waals surface area contributed by atoms with Crippen LogP contribution in [0, 0.1) is 5.82 Å². The van der Waals surface area contributed by atoms with Crippen LogP contribution < -0.4 is 10.2 Å². The molecule has 0 radical (unpaired) electrons. The van der Waals surface area contributed by atoms with E-state index in [-0.39, 0.29) is 5.82 Å². The zero-order valence-corrected chi connectivity index (χ0v) is 12.7. The van der Waals surface area contributed by atoms with Gasteiger partial charge in [-0.3, -0.25) is 0 Å². The van der Waals surface area contributed by atoms with Crippen LogP contribution in [0.1, 0.15) is 12.0 Å². The normalized spacial score (nSPS) is 14.4. The average Bonchev–Trinajstić information content (AvgIpc) is 2.66. The molecule has 1 aliphatic rings. The molecule has 0 unspecified atom stereocenters. The van der Waals surface area contributed by atoms with E-state index >= 15 is 0 Å². The van der Waals surface area contributed by atoms with E-state index in [0.29, 0.717) is 6.54 Å². The summed E-state index contributed by atoms with van der Waals surface area (Å²) in [4.78, 5) is 2.30. The zero-order chi connectivity index (χ0) is 13.9. The average molecular weight is 335 g/mol. The zero-order valence-electron chi connectivity index (χ0n) is 11.1. The van der Waals surface area contributed by atoms with E-state index in [2.05, 4.69) is 38.3 Å². The first-order valence-electron chi connectivity index (χ1n) is 6.76. The molecule has 4 heteroatoms. The van der Waals surface area contributed by atoms with E-state index in [1.165, 1.54) is 11.8 Å². The largest absolute Gasteiger partial charge is 0.383 e. The van der Waals surface area contributed by atoms with Crippen LogP contribution in [0.15, 0.2) is 46.9 Å². The third-order valence-corrected chi connectivity index (χ3v) is 4.31. The Kier molecular flexibility index (Phi) is 3.92. The molecule has 0 saturated carbocycles. The molecule has 0 saturated heterocycles. The van der Waals surface area contributed by atoms with Crippen molar-refractivity contribution in [2.45, 2.75) is 13.0 Å². The molecule has 1 aliphatic heterocycles. The highest BCUT2D eigenvalue weighted by atomic mass is 79.9. The van der Waals surface area contributed by atoms with Crippen LogP contribution in [-0.2, 0) is 6.54 Å². The van der Waals surface area contributed by atoms with Gasteiger partial charge in [-0.05, 0) is 42.3 Å². The van der Waals surface area contributed by atoms with E-state index < -0.39 is 0 Å². The fraction of sp³-hybridized carbons (Fsp3) is 0.250. The van der Waals surface area contributed by atoms with Gasteiger partial charge >= 0.3 is 0 Å². The molecular weight excluding hydrogens is 319 g/mol. The van der Waals surface area contributed by atoms with Crippen LogP contribution in [-0.4, -0.2) is 13.1 Å². The van der Waals surface area contributed by atoms with Gasteiger partial charge in [-0.1, -0.05) is 28.1 Å². The summed E-state index contributed by atoms with van der Waals surface area (Å²) in [6.07, 6.45) is 1.07. The number of fused-ring (bicyclic) bond motifs is 1. The van der Waals surface area contributed by atoms with Gasteiger partial charge < -0.3 is 10.2 Å². The van der Waals surface area contributed by atoms with E-state index in [4.69, 9.17) is 0 Å². The SMILES string of the molecule is Fc1ccc(Br)c(CN2CCCNc3ccccc32)c1. The first-order valence-corrected chi connectivity index (χ1v) is 7.55. The maximum Gasteiger partial charge on any atom is 0.123 e. The Morgan fingerprint density at radius 1 is 1.20 bits per heavy atom. The summed E-state index contributed by atoms with van der Waals surface area (Å²) in [6.45, 7) is 2.64. The van der Waals surface area contributed by atoms with Crippen LogP contribution >= 0.6 is 15.9 Å².